The Balaban J connectivity index is 2.58. The van der Waals surface area contributed by atoms with Crippen molar-refractivity contribution in [1.29, 1.82) is 0 Å². The Morgan fingerprint density at radius 1 is 1.83 bits per heavy atom. The quantitative estimate of drug-likeness (QED) is 0.894. The standard InChI is InChI=1S/C8H9BrO2S/c1-5(8(10)11)2-6-3-7(9)12-4-6/h3-5H,2H2,1H3,(H,10,11). The average molecular weight is 249 g/mol. The number of aliphatic carboxylic acids is 1. The van der Waals surface area contributed by atoms with Crippen LogP contribution in [0.25, 0.3) is 0 Å². The molecular weight excluding hydrogens is 240 g/mol. The van der Waals surface area contributed by atoms with Gasteiger partial charge in [-0.25, -0.2) is 0 Å². The number of carbonyl (C=O) groups is 1. The molecule has 4 heteroatoms. The predicted molar refractivity (Wildman–Crippen MR) is 52.5 cm³/mol. The smallest absolute Gasteiger partial charge is 0.306 e. The van der Waals surface area contributed by atoms with Gasteiger partial charge in [-0.3, -0.25) is 4.79 Å². The lowest BCUT2D eigenvalue weighted by molar-refractivity contribution is -0.141. The average Bonchev–Trinajstić information content (AvgIpc) is 2.35. The highest BCUT2D eigenvalue weighted by Crippen LogP contribution is 2.22. The van der Waals surface area contributed by atoms with Crippen molar-refractivity contribution in [1.82, 2.24) is 0 Å². The fourth-order valence-electron chi connectivity index (χ4n) is 0.894. The summed E-state index contributed by atoms with van der Waals surface area (Å²) in [6.07, 6.45) is 0.609. The highest BCUT2D eigenvalue weighted by molar-refractivity contribution is 9.11. The first-order valence-corrected chi connectivity index (χ1v) is 5.22. The molecule has 66 valence electrons. The Morgan fingerprint density at radius 3 is 2.92 bits per heavy atom. The summed E-state index contributed by atoms with van der Waals surface area (Å²) in [5.41, 5.74) is 1.08. The second kappa shape index (κ2) is 4.05. The molecule has 0 radical (unpaired) electrons. The molecule has 0 aromatic carbocycles. The number of thiophene rings is 1. The molecule has 0 saturated heterocycles. The van der Waals surface area contributed by atoms with Gasteiger partial charge < -0.3 is 5.11 Å². The lowest BCUT2D eigenvalue weighted by Crippen LogP contribution is -2.11. The fraction of sp³-hybridized carbons (Fsp3) is 0.375. The number of hydrogen-bond donors (Lipinski definition) is 1. The van der Waals surface area contributed by atoms with Gasteiger partial charge in [0.1, 0.15) is 0 Å². The predicted octanol–water partition coefficient (Wildman–Crippen LogP) is 2.77. The third kappa shape index (κ3) is 2.60. The second-order valence-corrected chi connectivity index (χ2v) is 4.99. The van der Waals surface area contributed by atoms with Crippen LogP contribution in [0, 0.1) is 5.92 Å². The number of halogens is 1. The molecule has 0 aliphatic rings. The van der Waals surface area contributed by atoms with Crippen molar-refractivity contribution >= 4 is 33.2 Å². The highest BCUT2D eigenvalue weighted by Gasteiger charge is 2.11. The summed E-state index contributed by atoms with van der Waals surface area (Å²) in [7, 11) is 0. The Bertz CT molecular complexity index is 282. The maximum absolute atomic E-state index is 10.5. The van der Waals surface area contributed by atoms with Crippen molar-refractivity contribution in [3.8, 4) is 0 Å². The molecular formula is C8H9BrO2S. The largest absolute Gasteiger partial charge is 0.481 e. The Labute approximate surface area is 83.4 Å². The van der Waals surface area contributed by atoms with E-state index in [1.165, 1.54) is 0 Å². The monoisotopic (exact) mass is 248 g/mol. The van der Waals surface area contributed by atoms with Crippen LogP contribution in [0.3, 0.4) is 0 Å². The van der Waals surface area contributed by atoms with E-state index in [0.717, 1.165) is 9.35 Å². The molecule has 1 rings (SSSR count). The number of carboxylic acids is 1. The fourth-order valence-corrected chi connectivity index (χ4v) is 2.12. The molecule has 2 nitrogen and oxygen atoms in total. The van der Waals surface area contributed by atoms with Gasteiger partial charge in [0.2, 0.25) is 0 Å². The van der Waals surface area contributed by atoms with E-state index >= 15 is 0 Å². The molecule has 1 atom stereocenters. The zero-order valence-electron chi connectivity index (χ0n) is 6.58. The molecule has 12 heavy (non-hydrogen) atoms. The number of rotatable bonds is 3. The van der Waals surface area contributed by atoms with E-state index in [9.17, 15) is 4.79 Å². The molecule has 1 aromatic heterocycles. The maximum atomic E-state index is 10.5. The summed E-state index contributed by atoms with van der Waals surface area (Å²) in [5.74, 6) is -1.04. The molecule has 1 aromatic rings. The van der Waals surface area contributed by atoms with Gasteiger partial charge in [-0.05, 0) is 39.4 Å². The minimum absolute atomic E-state index is 0.300. The Kier molecular flexibility index (Phi) is 3.29. The molecule has 0 spiro atoms. The van der Waals surface area contributed by atoms with E-state index in [4.69, 9.17) is 5.11 Å². The molecule has 0 fully saturated rings. The van der Waals surface area contributed by atoms with E-state index in [0.29, 0.717) is 6.42 Å². The molecule has 0 saturated carbocycles. The summed E-state index contributed by atoms with van der Waals surface area (Å²) >= 11 is 4.91. The summed E-state index contributed by atoms with van der Waals surface area (Å²) < 4.78 is 1.05. The second-order valence-electron chi connectivity index (χ2n) is 2.70. The van der Waals surface area contributed by atoms with Crippen molar-refractivity contribution < 1.29 is 9.90 Å². The number of carboxylic acid groups (broad SMARTS) is 1. The van der Waals surface area contributed by atoms with E-state index in [1.807, 2.05) is 11.4 Å². The molecule has 0 aliphatic carbocycles. The summed E-state index contributed by atoms with van der Waals surface area (Å²) in [5, 5.41) is 10.6. The van der Waals surface area contributed by atoms with Gasteiger partial charge in [0.25, 0.3) is 0 Å². The lowest BCUT2D eigenvalue weighted by Gasteiger charge is -2.02. The summed E-state index contributed by atoms with van der Waals surface area (Å²) in [6.45, 7) is 1.72. The molecule has 1 unspecified atom stereocenters. The Hall–Kier alpha value is -0.350. The first kappa shape index (κ1) is 9.74. The van der Waals surface area contributed by atoms with E-state index < -0.39 is 5.97 Å². The van der Waals surface area contributed by atoms with Gasteiger partial charge in [-0.1, -0.05) is 6.92 Å². The third-order valence-corrected chi connectivity index (χ3v) is 3.14. The van der Waals surface area contributed by atoms with Gasteiger partial charge in [0.15, 0.2) is 0 Å². The van der Waals surface area contributed by atoms with Crippen LogP contribution >= 0.6 is 27.3 Å². The van der Waals surface area contributed by atoms with E-state index in [1.54, 1.807) is 18.3 Å². The molecule has 0 bridgehead atoms. The van der Waals surface area contributed by atoms with Gasteiger partial charge in [0.05, 0.1) is 9.70 Å². The van der Waals surface area contributed by atoms with Crippen LogP contribution in [0.2, 0.25) is 0 Å². The minimum atomic E-state index is -0.739. The molecule has 0 aliphatic heterocycles. The van der Waals surface area contributed by atoms with Crippen LogP contribution in [0.5, 0.6) is 0 Å². The molecule has 0 amide bonds. The van der Waals surface area contributed by atoms with Crippen molar-refractivity contribution in [3.05, 3.63) is 20.8 Å². The molecule has 1 heterocycles. The SMILES string of the molecule is CC(Cc1csc(Br)c1)C(=O)O. The van der Waals surface area contributed by atoms with Crippen molar-refractivity contribution in [3.63, 3.8) is 0 Å². The summed E-state index contributed by atoms with van der Waals surface area (Å²) in [6, 6.07) is 1.96. The van der Waals surface area contributed by atoms with E-state index in [2.05, 4.69) is 15.9 Å². The van der Waals surface area contributed by atoms with Gasteiger partial charge in [-0.2, -0.15) is 0 Å². The van der Waals surface area contributed by atoms with Crippen molar-refractivity contribution in [2.75, 3.05) is 0 Å². The molecule has 1 N–H and O–H groups in total. The minimum Gasteiger partial charge on any atom is -0.481 e. The first-order valence-electron chi connectivity index (χ1n) is 3.55. The van der Waals surface area contributed by atoms with Crippen LogP contribution in [0.15, 0.2) is 15.2 Å². The van der Waals surface area contributed by atoms with Crippen LogP contribution in [-0.4, -0.2) is 11.1 Å². The van der Waals surface area contributed by atoms with Crippen LogP contribution in [-0.2, 0) is 11.2 Å². The van der Waals surface area contributed by atoms with Gasteiger partial charge in [0, 0.05) is 0 Å². The maximum Gasteiger partial charge on any atom is 0.306 e. The van der Waals surface area contributed by atoms with Crippen molar-refractivity contribution in [2.45, 2.75) is 13.3 Å². The zero-order valence-corrected chi connectivity index (χ0v) is 8.98. The van der Waals surface area contributed by atoms with Gasteiger partial charge in [-0.15, -0.1) is 11.3 Å². The summed E-state index contributed by atoms with van der Waals surface area (Å²) in [4.78, 5) is 10.5. The topological polar surface area (TPSA) is 37.3 Å². The first-order chi connectivity index (χ1) is 5.59. The zero-order chi connectivity index (χ0) is 9.14. The van der Waals surface area contributed by atoms with Crippen molar-refractivity contribution in [2.24, 2.45) is 5.92 Å². The van der Waals surface area contributed by atoms with Crippen LogP contribution < -0.4 is 0 Å². The highest BCUT2D eigenvalue weighted by atomic mass is 79.9. The Morgan fingerprint density at radius 2 is 2.50 bits per heavy atom. The third-order valence-electron chi connectivity index (χ3n) is 1.59. The van der Waals surface area contributed by atoms with Gasteiger partial charge >= 0.3 is 5.97 Å². The lowest BCUT2D eigenvalue weighted by atomic mass is 10.0. The van der Waals surface area contributed by atoms with E-state index in [-0.39, 0.29) is 5.92 Å². The normalized spacial score (nSPS) is 12.8. The van der Waals surface area contributed by atoms with Crippen LogP contribution in [0.4, 0.5) is 0 Å². The number of hydrogen-bond acceptors (Lipinski definition) is 2. The van der Waals surface area contributed by atoms with Crippen LogP contribution in [0.1, 0.15) is 12.5 Å².